The van der Waals surface area contributed by atoms with Crippen molar-refractivity contribution in [2.24, 2.45) is 17.8 Å². The van der Waals surface area contributed by atoms with E-state index in [1.807, 2.05) is 32.1 Å². The summed E-state index contributed by atoms with van der Waals surface area (Å²) in [6.45, 7) is 3.79. The maximum Gasteiger partial charge on any atom is 0.405 e. The van der Waals surface area contributed by atoms with Crippen molar-refractivity contribution in [3.05, 3.63) is 42.6 Å². The third kappa shape index (κ3) is 7.31. The van der Waals surface area contributed by atoms with Gasteiger partial charge in [-0.3, -0.25) is 19.1 Å². The van der Waals surface area contributed by atoms with Crippen LogP contribution in [0, 0.1) is 17.8 Å². The molecule has 0 bridgehead atoms. The molecule has 264 valence electrons. The van der Waals surface area contributed by atoms with Crippen molar-refractivity contribution in [3.8, 4) is 11.6 Å². The molecule has 2 saturated carbocycles. The van der Waals surface area contributed by atoms with Crippen LogP contribution in [0.5, 0.6) is 11.6 Å². The van der Waals surface area contributed by atoms with E-state index in [2.05, 4.69) is 20.3 Å². The van der Waals surface area contributed by atoms with E-state index in [1.54, 1.807) is 31.5 Å². The zero-order valence-corrected chi connectivity index (χ0v) is 28.6. The molecule has 4 aliphatic rings. The molecule has 0 unspecified atom stereocenters. The lowest BCUT2D eigenvalue weighted by molar-refractivity contribution is -0.142. The van der Waals surface area contributed by atoms with Crippen LogP contribution in [0.3, 0.4) is 0 Å². The Kier molecular flexibility index (Phi) is 9.48. The molecule has 15 heteroatoms. The molecule has 2 aliphatic carbocycles. The molecule has 1 aromatic heterocycles. The second-order valence-corrected chi connectivity index (χ2v) is 15.8. The van der Waals surface area contributed by atoms with Gasteiger partial charge in [-0.05, 0) is 80.0 Å². The predicted octanol–water partition coefficient (Wildman–Crippen LogP) is 2.72. The molecule has 3 fully saturated rings. The lowest BCUT2D eigenvalue weighted by Gasteiger charge is -2.32. The largest absolute Gasteiger partial charge is 0.497 e. The summed E-state index contributed by atoms with van der Waals surface area (Å²) < 4.78 is 39.4. The molecule has 49 heavy (non-hydrogen) atoms. The zero-order chi connectivity index (χ0) is 35.1. The van der Waals surface area contributed by atoms with Crippen molar-refractivity contribution in [1.29, 1.82) is 0 Å². The second-order valence-electron chi connectivity index (χ2n) is 13.9. The van der Waals surface area contributed by atoms with E-state index >= 15 is 0 Å². The molecule has 4 N–H and O–H groups in total. The standard InChI is InChI=1S/C34H43N5O9S/c1-19-6-4-5-7-22-17-34(22,32(42)38-49(45,46)25-9-10-25)37-29(40)27-16-24(18-39(27)31(41)28(20(2)14-19)36-33(43)44)48-30-26-11-8-23(47-3)15-21(26)12-13-35-30/h5,7-8,11-13,15,19-20,22,24-25,27-28,36H,4,6,9-10,14,16-18H2,1-3H3,(H,37,40)(H,38,42)(H,43,44)/b7-5-/t19-,20-,22-,24-,27+,28+,34-/m1/s1. The Morgan fingerprint density at radius 3 is 2.61 bits per heavy atom. The number of hydrogen-bond donors (Lipinski definition) is 4. The number of aromatic nitrogens is 1. The third-order valence-electron chi connectivity index (χ3n) is 10.1. The fourth-order valence-corrected chi connectivity index (χ4v) is 8.50. The number of sulfonamides is 1. The van der Waals surface area contributed by atoms with Gasteiger partial charge in [0.05, 0.1) is 18.9 Å². The van der Waals surface area contributed by atoms with E-state index < -0.39 is 74.7 Å². The van der Waals surface area contributed by atoms with Crippen LogP contribution in [0.4, 0.5) is 4.79 Å². The van der Waals surface area contributed by atoms with Gasteiger partial charge in [-0.1, -0.05) is 26.0 Å². The summed E-state index contributed by atoms with van der Waals surface area (Å²) in [6, 6.07) is 4.92. The van der Waals surface area contributed by atoms with Gasteiger partial charge in [0.1, 0.15) is 29.5 Å². The predicted molar refractivity (Wildman–Crippen MR) is 178 cm³/mol. The van der Waals surface area contributed by atoms with E-state index in [-0.39, 0.29) is 31.2 Å². The van der Waals surface area contributed by atoms with Gasteiger partial charge in [-0.15, -0.1) is 0 Å². The Morgan fingerprint density at radius 1 is 1.12 bits per heavy atom. The molecular weight excluding hydrogens is 654 g/mol. The van der Waals surface area contributed by atoms with Crippen LogP contribution in [-0.4, -0.2) is 89.9 Å². The normalized spacial score (nSPS) is 31.3. The molecule has 2 aromatic rings. The van der Waals surface area contributed by atoms with E-state index in [1.165, 1.54) is 4.90 Å². The first kappa shape index (κ1) is 34.5. The number of methoxy groups -OCH3 is 1. The van der Waals surface area contributed by atoms with Crippen LogP contribution in [-0.2, 0) is 24.4 Å². The molecule has 0 spiro atoms. The van der Waals surface area contributed by atoms with Crippen LogP contribution in [0.15, 0.2) is 42.6 Å². The van der Waals surface area contributed by atoms with Gasteiger partial charge in [-0.2, -0.15) is 0 Å². The number of nitrogens with zero attached hydrogens (tertiary/aromatic N) is 2. The maximum atomic E-state index is 14.3. The molecule has 1 saturated heterocycles. The SMILES string of the molecule is COc1ccc2c(O[C@@H]3C[C@H]4C(=O)N[C@]5(C(=O)NS(=O)(=O)C6CC6)C[C@H]5/C=C\CC[C@@H](C)C[C@@H](C)[C@H](NC(=O)O)C(=O)N4C3)nccc2c1. The average Bonchev–Trinajstić information content (AvgIpc) is 3.98. The molecule has 0 radical (unpaired) electrons. The van der Waals surface area contributed by atoms with E-state index in [4.69, 9.17) is 9.47 Å². The Morgan fingerprint density at radius 2 is 1.90 bits per heavy atom. The molecule has 7 atom stereocenters. The number of nitrogens with one attached hydrogen (secondary N) is 3. The molecular formula is C34H43N5O9S. The summed E-state index contributed by atoms with van der Waals surface area (Å²) >= 11 is 0. The molecule has 2 aliphatic heterocycles. The average molecular weight is 698 g/mol. The van der Waals surface area contributed by atoms with Crippen molar-refractivity contribution >= 4 is 44.6 Å². The summed E-state index contributed by atoms with van der Waals surface area (Å²) in [5.41, 5.74) is -1.52. The number of carbonyl (C=O) groups excluding carboxylic acids is 3. The van der Waals surface area contributed by atoms with Gasteiger partial charge in [0.15, 0.2) is 0 Å². The molecule has 6 rings (SSSR count). The number of carbonyl (C=O) groups is 4. The van der Waals surface area contributed by atoms with Gasteiger partial charge in [0.2, 0.25) is 27.7 Å². The Hall–Kier alpha value is -4.40. The fourth-order valence-electron chi connectivity index (χ4n) is 7.14. The highest BCUT2D eigenvalue weighted by Gasteiger charge is 2.62. The number of carboxylic acid groups (broad SMARTS) is 1. The van der Waals surface area contributed by atoms with Gasteiger partial charge < -0.3 is 30.1 Å². The summed E-state index contributed by atoms with van der Waals surface area (Å²) in [4.78, 5) is 59.7. The number of rotatable bonds is 7. The maximum absolute atomic E-state index is 14.3. The van der Waals surface area contributed by atoms with Crippen LogP contribution >= 0.6 is 0 Å². The second kappa shape index (κ2) is 13.5. The van der Waals surface area contributed by atoms with Crippen molar-refractivity contribution in [1.82, 2.24) is 25.2 Å². The Balaban J connectivity index is 1.33. The lowest BCUT2D eigenvalue weighted by Crippen LogP contribution is -2.59. The molecule has 1 aromatic carbocycles. The first-order valence-electron chi connectivity index (χ1n) is 16.8. The molecule has 14 nitrogen and oxygen atoms in total. The van der Waals surface area contributed by atoms with Crippen molar-refractivity contribution in [3.63, 3.8) is 0 Å². The smallest absolute Gasteiger partial charge is 0.405 e. The van der Waals surface area contributed by atoms with Crippen molar-refractivity contribution in [2.45, 2.75) is 87.8 Å². The van der Waals surface area contributed by atoms with Gasteiger partial charge >= 0.3 is 6.09 Å². The highest BCUT2D eigenvalue weighted by molar-refractivity contribution is 7.91. The first-order chi connectivity index (χ1) is 23.3. The number of hydrogen-bond acceptors (Lipinski definition) is 9. The number of amides is 4. The highest BCUT2D eigenvalue weighted by Crippen LogP contribution is 2.46. The van der Waals surface area contributed by atoms with Crippen molar-refractivity contribution in [2.75, 3.05) is 13.7 Å². The highest BCUT2D eigenvalue weighted by atomic mass is 32.2. The minimum atomic E-state index is -3.89. The van der Waals surface area contributed by atoms with Gasteiger partial charge in [0, 0.05) is 23.9 Å². The van der Waals surface area contributed by atoms with Crippen LogP contribution in [0.25, 0.3) is 10.8 Å². The van der Waals surface area contributed by atoms with Crippen LogP contribution in [0.1, 0.15) is 58.8 Å². The number of fused-ring (bicyclic) bond motifs is 3. The van der Waals surface area contributed by atoms with Gasteiger partial charge in [0.25, 0.3) is 5.91 Å². The van der Waals surface area contributed by atoms with Crippen molar-refractivity contribution < 1.29 is 42.2 Å². The van der Waals surface area contributed by atoms with Crippen LogP contribution in [0.2, 0.25) is 0 Å². The first-order valence-corrected chi connectivity index (χ1v) is 18.3. The minimum Gasteiger partial charge on any atom is -0.497 e. The molecule has 3 heterocycles. The summed E-state index contributed by atoms with van der Waals surface area (Å²) in [5.74, 6) is -1.82. The van der Waals surface area contributed by atoms with Gasteiger partial charge in [-0.25, -0.2) is 18.2 Å². The Labute approximate surface area is 285 Å². The van der Waals surface area contributed by atoms with Crippen LogP contribution < -0.4 is 24.8 Å². The number of pyridine rings is 1. The monoisotopic (exact) mass is 697 g/mol. The summed E-state index contributed by atoms with van der Waals surface area (Å²) in [6.07, 6.45) is 6.38. The Bertz CT molecular complexity index is 1780. The lowest BCUT2D eigenvalue weighted by atomic mass is 9.88. The fraction of sp³-hybridized carbons (Fsp3) is 0.559. The number of ether oxygens (including phenoxy) is 2. The number of allylic oxidation sites excluding steroid dienone is 1. The topological polar surface area (TPSA) is 193 Å². The zero-order valence-electron chi connectivity index (χ0n) is 27.8. The molecule has 4 amide bonds. The summed E-state index contributed by atoms with van der Waals surface area (Å²) in [7, 11) is -2.33. The van der Waals surface area contributed by atoms with E-state index in [0.717, 1.165) is 11.8 Å². The summed E-state index contributed by atoms with van der Waals surface area (Å²) in [5, 5.41) is 15.8. The van der Waals surface area contributed by atoms with E-state index in [9.17, 15) is 32.7 Å². The quantitative estimate of drug-likeness (QED) is 0.313. The minimum absolute atomic E-state index is 0.0228. The van der Waals surface area contributed by atoms with E-state index in [0.29, 0.717) is 36.8 Å². The third-order valence-corrected chi connectivity index (χ3v) is 11.9. The number of benzene rings is 1.